The molecule has 1 atom stereocenters. The van der Waals surface area contributed by atoms with E-state index >= 15 is 0 Å². The van der Waals surface area contributed by atoms with Gasteiger partial charge in [0, 0.05) is 10.7 Å². The fourth-order valence-corrected chi connectivity index (χ4v) is 2.68. The van der Waals surface area contributed by atoms with Crippen LogP contribution >= 0.6 is 15.9 Å². The molecule has 0 bridgehead atoms. The second-order valence-electron chi connectivity index (χ2n) is 5.85. The van der Waals surface area contributed by atoms with E-state index in [1.165, 1.54) is 5.56 Å². The number of halogens is 1. The van der Waals surface area contributed by atoms with Gasteiger partial charge in [-0.25, -0.2) is 0 Å². The summed E-state index contributed by atoms with van der Waals surface area (Å²) in [6.45, 7) is 2.66. The molecule has 2 nitrogen and oxygen atoms in total. The number of benzene rings is 3. The van der Waals surface area contributed by atoms with Crippen molar-refractivity contribution in [1.29, 1.82) is 0 Å². The Kier molecular flexibility index (Phi) is 6.02. The van der Waals surface area contributed by atoms with Crippen molar-refractivity contribution in [2.24, 2.45) is 4.99 Å². The van der Waals surface area contributed by atoms with E-state index in [1.54, 1.807) is 0 Å². The molecule has 0 unspecified atom stereocenters. The van der Waals surface area contributed by atoms with E-state index in [-0.39, 0.29) is 6.04 Å². The summed E-state index contributed by atoms with van der Waals surface area (Å²) in [5.74, 6) is 0.858. The molecule has 3 aromatic carbocycles. The van der Waals surface area contributed by atoms with Gasteiger partial charge in [0.1, 0.15) is 12.4 Å². The molecule has 0 aliphatic rings. The first-order valence-corrected chi connectivity index (χ1v) is 9.05. The van der Waals surface area contributed by atoms with Crippen molar-refractivity contribution in [1.82, 2.24) is 0 Å². The summed E-state index contributed by atoms with van der Waals surface area (Å²) in [7, 11) is 0. The van der Waals surface area contributed by atoms with Gasteiger partial charge in [-0.05, 0) is 60.0 Å². The van der Waals surface area contributed by atoms with Crippen LogP contribution in [0.3, 0.4) is 0 Å². The molecule has 25 heavy (non-hydrogen) atoms. The number of ether oxygens (including phenoxy) is 1. The van der Waals surface area contributed by atoms with Crippen LogP contribution in [0.2, 0.25) is 0 Å². The lowest BCUT2D eigenvalue weighted by Crippen LogP contribution is -1.95. The number of hydrogen-bond acceptors (Lipinski definition) is 2. The fraction of sp³-hybridized carbons (Fsp3) is 0.136. The van der Waals surface area contributed by atoms with Gasteiger partial charge in [-0.15, -0.1) is 0 Å². The first-order chi connectivity index (χ1) is 12.2. The quantitative estimate of drug-likeness (QED) is 0.456. The third-order valence-corrected chi connectivity index (χ3v) is 4.46. The molecular formula is C22H20BrNO. The van der Waals surface area contributed by atoms with E-state index < -0.39 is 0 Å². The largest absolute Gasteiger partial charge is 0.489 e. The molecular weight excluding hydrogens is 374 g/mol. The van der Waals surface area contributed by atoms with Gasteiger partial charge in [-0.2, -0.15) is 0 Å². The van der Waals surface area contributed by atoms with Gasteiger partial charge >= 0.3 is 0 Å². The predicted octanol–water partition coefficient (Wildman–Crippen LogP) is 6.21. The maximum Gasteiger partial charge on any atom is 0.119 e. The van der Waals surface area contributed by atoms with Gasteiger partial charge in [-0.1, -0.05) is 58.4 Å². The van der Waals surface area contributed by atoms with Gasteiger partial charge in [0.2, 0.25) is 0 Å². The van der Waals surface area contributed by atoms with Crippen LogP contribution in [0.4, 0.5) is 0 Å². The van der Waals surface area contributed by atoms with E-state index in [0.717, 1.165) is 21.3 Å². The monoisotopic (exact) mass is 393 g/mol. The third-order valence-electron chi connectivity index (χ3n) is 3.93. The first kappa shape index (κ1) is 17.4. The molecule has 0 fully saturated rings. The molecule has 3 heteroatoms. The molecule has 0 amide bonds. The second kappa shape index (κ2) is 8.63. The summed E-state index contributed by atoms with van der Waals surface area (Å²) in [6.07, 6.45) is 1.91. The van der Waals surface area contributed by atoms with E-state index in [0.29, 0.717) is 6.61 Å². The van der Waals surface area contributed by atoms with Crippen LogP contribution in [0.5, 0.6) is 5.75 Å². The second-order valence-corrected chi connectivity index (χ2v) is 6.76. The topological polar surface area (TPSA) is 21.6 Å². The highest BCUT2D eigenvalue weighted by Crippen LogP contribution is 2.18. The van der Waals surface area contributed by atoms with Crippen molar-refractivity contribution in [3.8, 4) is 5.75 Å². The molecule has 0 radical (unpaired) electrons. The van der Waals surface area contributed by atoms with Crippen LogP contribution in [0.1, 0.15) is 29.7 Å². The van der Waals surface area contributed by atoms with E-state index in [4.69, 9.17) is 4.74 Å². The maximum atomic E-state index is 5.82. The van der Waals surface area contributed by atoms with Gasteiger partial charge in [0.25, 0.3) is 0 Å². The number of rotatable bonds is 6. The zero-order chi connectivity index (χ0) is 17.5. The van der Waals surface area contributed by atoms with Crippen LogP contribution in [0.15, 0.2) is 88.3 Å². The highest BCUT2D eigenvalue weighted by Gasteiger charge is 2.01. The summed E-state index contributed by atoms with van der Waals surface area (Å²) < 4.78 is 6.90. The van der Waals surface area contributed by atoms with Crippen LogP contribution < -0.4 is 4.74 Å². The fourth-order valence-electron chi connectivity index (χ4n) is 2.41. The third kappa shape index (κ3) is 5.30. The van der Waals surface area contributed by atoms with E-state index in [2.05, 4.69) is 52.1 Å². The molecule has 0 heterocycles. The molecule has 3 aromatic rings. The summed E-state index contributed by atoms with van der Waals surface area (Å²) in [5.41, 5.74) is 3.43. The summed E-state index contributed by atoms with van der Waals surface area (Å²) in [5, 5.41) is 0. The first-order valence-electron chi connectivity index (χ1n) is 8.26. The molecule has 0 N–H and O–H groups in total. The minimum Gasteiger partial charge on any atom is -0.489 e. The molecule has 0 aliphatic carbocycles. The molecule has 126 valence electrons. The highest BCUT2D eigenvalue weighted by molar-refractivity contribution is 9.10. The minimum absolute atomic E-state index is 0.148. The molecule has 0 aromatic heterocycles. The number of nitrogens with zero attached hydrogens (tertiary/aromatic N) is 1. The van der Waals surface area contributed by atoms with Gasteiger partial charge in [0.05, 0.1) is 6.04 Å². The molecule has 0 spiro atoms. The minimum atomic E-state index is 0.148. The zero-order valence-electron chi connectivity index (χ0n) is 14.1. The average Bonchev–Trinajstić information content (AvgIpc) is 2.67. The summed E-state index contributed by atoms with van der Waals surface area (Å²) >= 11 is 3.44. The molecule has 0 saturated heterocycles. The molecule has 0 saturated carbocycles. The molecule has 0 aliphatic heterocycles. The van der Waals surface area contributed by atoms with Crippen molar-refractivity contribution < 1.29 is 4.74 Å². The normalized spacial score (nSPS) is 12.2. The lowest BCUT2D eigenvalue weighted by Gasteiger charge is -2.07. The molecule has 3 rings (SSSR count). The van der Waals surface area contributed by atoms with Crippen molar-refractivity contribution in [3.63, 3.8) is 0 Å². The Morgan fingerprint density at radius 1 is 0.920 bits per heavy atom. The van der Waals surface area contributed by atoms with Crippen LogP contribution in [-0.2, 0) is 6.61 Å². The lowest BCUT2D eigenvalue weighted by atomic mass is 10.1. The van der Waals surface area contributed by atoms with Crippen molar-refractivity contribution >= 4 is 22.1 Å². The number of aliphatic imine (C=N–C) groups is 1. The summed E-state index contributed by atoms with van der Waals surface area (Å²) in [6, 6.07) is 26.6. The average molecular weight is 394 g/mol. The smallest absolute Gasteiger partial charge is 0.119 e. The summed E-state index contributed by atoms with van der Waals surface area (Å²) in [4.78, 5) is 4.63. The van der Waals surface area contributed by atoms with E-state index in [1.807, 2.05) is 60.8 Å². The van der Waals surface area contributed by atoms with Crippen LogP contribution in [-0.4, -0.2) is 6.21 Å². The van der Waals surface area contributed by atoms with Gasteiger partial charge in [0.15, 0.2) is 0 Å². The zero-order valence-corrected chi connectivity index (χ0v) is 15.7. The number of hydrogen-bond donors (Lipinski definition) is 0. The van der Waals surface area contributed by atoms with Crippen molar-refractivity contribution in [3.05, 3.63) is 100 Å². The van der Waals surface area contributed by atoms with E-state index in [9.17, 15) is 0 Å². The Bertz CT molecular complexity index is 811. The SMILES string of the molecule is C[C@@H](N=Cc1ccc(OCc2ccc(Br)cc2)cc1)c1ccccc1. The maximum absolute atomic E-state index is 5.82. The Balaban J connectivity index is 1.56. The standard InChI is InChI=1S/C22H20BrNO/c1-17(20-5-3-2-4-6-20)24-15-18-9-13-22(14-10-18)25-16-19-7-11-21(23)12-8-19/h2-15,17H,16H2,1H3/t17-/m1/s1. The Morgan fingerprint density at radius 2 is 1.60 bits per heavy atom. The van der Waals surface area contributed by atoms with Gasteiger partial charge in [-0.3, -0.25) is 4.99 Å². The highest BCUT2D eigenvalue weighted by atomic mass is 79.9. The Morgan fingerprint density at radius 3 is 2.28 bits per heavy atom. The van der Waals surface area contributed by atoms with Crippen molar-refractivity contribution in [2.75, 3.05) is 0 Å². The van der Waals surface area contributed by atoms with Crippen molar-refractivity contribution in [2.45, 2.75) is 19.6 Å². The van der Waals surface area contributed by atoms with Gasteiger partial charge < -0.3 is 4.74 Å². The predicted molar refractivity (Wildman–Crippen MR) is 107 cm³/mol. The Labute approximate surface area is 157 Å². The lowest BCUT2D eigenvalue weighted by molar-refractivity contribution is 0.306. The Hall–Kier alpha value is -2.39. The van der Waals surface area contributed by atoms with Crippen LogP contribution in [0, 0.1) is 0 Å². The van der Waals surface area contributed by atoms with Crippen LogP contribution in [0.25, 0.3) is 0 Å².